The normalized spacial score (nSPS) is 27.1. The summed E-state index contributed by atoms with van der Waals surface area (Å²) in [4.78, 5) is 0. The van der Waals surface area contributed by atoms with Crippen molar-refractivity contribution in [2.24, 2.45) is 5.92 Å². The van der Waals surface area contributed by atoms with Crippen LogP contribution in [0.2, 0.25) is 0 Å². The van der Waals surface area contributed by atoms with E-state index >= 15 is 0 Å². The molecule has 0 aromatic carbocycles. The number of sulfone groups is 1. The summed E-state index contributed by atoms with van der Waals surface area (Å²) in [5.74, 6) is 1.29. The Bertz CT molecular complexity index is 503. The molecule has 3 atom stereocenters. The van der Waals surface area contributed by atoms with E-state index in [0.29, 0.717) is 18.6 Å². The molecule has 4 nitrogen and oxygen atoms in total. The Morgan fingerprint density at radius 3 is 2.67 bits per heavy atom. The number of aliphatic hydroxyl groups is 1. The molecule has 1 aromatic rings. The highest BCUT2D eigenvalue weighted by Gasteiger charge is 2.33. The highest BCUT2D eigenvalue weighted by molar-refractivity contribution is 7.91. The van der Waals surface area contributed by atoms with Gasteiger partial charge in [-0.05, 0) is 44.2 Å². The van der Waals surface area contributed by atoms with Crippen molar-refractivity contribution in [3.8, 4) is 0 Å². The zero-order valence-corrected chi connectivity index (χ0v) is 11.6. The molecular weight excluding hydrogens is 252 g/mol. The molecule has 102 valence electrons. The molecular formula is C13H20O4S. The third kappa shape index (κ3) is 2.95. The monoisotopic (exact) mass is 272 g/mol. The Morgan fingerprint density at radius 1 is 1.39 bits per heavy atom. The van der Waals surface area contributed by atoms with Gasteiger partial charge in [0.15, 0.2) is 0 Å². The molecule has 18 heavy (non-hydrogen) atoms. The minimum absolute atomic E-state index is 0.0241. The second-order valence-electron chi connectivity index (χ2n) is 5.27. The van der Waals surface area contributed by atoms with Crippen molar-refractivity contribution in [3.05, 3.63) is 23.7 Å². The highest BCUT2D eigenvalue weighted by atomic mass is 32.2. The van der Waals surface area contributed by atoms with Gasteiger partial charge in [-0.15, -0.1) is 0 Å². The van der Waals surface area contributed by atoms with E-state index in [1.165, 1.54) is 6.26 Å². The SMILES string of the molecule is Cc1ccc(C(O)C2CCCC(S(C)(=O)=O)C2)o1. The first kappa shape index (κ1) is 13.6. The van der Waals surface area contributed by atoms with Crippen LogP contribution in [0, 0.1) is 12.8 Å². The summed E-state index contributed by atoms with van der Waals surface area (Å²) in [7, 11) is -3.01. The van der Waals surface area contributed by atoms with E-state index in [9.17, 15) is 13.5 Å². The first-order chi connectivity index (χ1) is 8.38. The van der Waals surface area contributed by atoms with E-state index in [1.54, 1.807) is 6.07 Å². The van der Waals surface area contributed by atoms with Crippen molar-refractivity contribution in [1.82, 2.24) is 0 Å². The number of aliphatic hydroxyl groups excluding tert-OH is 1. The Labute approximate surface area is 108 Å². The van der Waals surface area contributed by atoms with E-state index in [-0.39, 0.29) is 11.2 Å². The molecule has 0 radical (unpaired) electrons. The van der Waals surface area contributed by atoms with Crippen LogP contribution in [-0.2, 0) is 9.84 Å². The van der Waals surface area contributed by atoms with Gasteiger partial charge in [0.1, 0.15) is 27.5 Å². The lowest BCUT2D eigenvalue weighted by Gasteiger charge is -2.30. The van der Waals surface area contributed by atoms with Crippen LogP contribution < -0.4 is 0 Å². The van der Waals surface area contributed by atoms with E-state index in [1.807, 2.05) is 13.0 Å². The highest BCUT2D eigenvalue weighted by Crippen LogP contribution is 2.37. The molecule has 0 saturated heterocycles. The summed E-state index contributed by atoms with van der Waals surface area (Å²) in [5.41, 5.74) is 0. The zero-order valence-electron chi connectivity index (χ0n) is 10.8. The molecule has 1 N–H and O–H groups in total. The summed E-state index contributed by atoms with van der Waals surface area (Å²) in [5, 5.41) is 9.94. The van der Waals surface area contributed by atoms with Crippen molar-refractivity contribution >= 4 is 9.84 Å². The first-order valence-corrected chi connectivity index (χ1v) is 8.26. The number of rotatable bonds is 3. The number of hydrogen-bond donors (Lipinski definition) is 1. The maximum absolute atomic E-state index is 11.6. The minimum Gasteiger partial charge on any atom is -0.464 e. The van der Waals surface area contributed by atoms with Crippen molar-refractivity contribution in [2.45, 2.75) is 44.0 Å². The van der Waals surface area contributed by atoms with Crippen molar-refractivity contribution < 1.29 is 17.9 Å². The van der Waals surface area contributed by atoms with Crippen molar-refractivity contribution in [3.63, 3.8) is 0 Å². The van der Waals surface area contributed by atoms with Gasteiger partial charge < -0.3 is 9.52 Å². The average Bonchev–Trinajstić information content (AvgIpc) is 2.74. The molecule has 0 amide bonds. The largest absolute Gasteiger partial charge is 0.464 e. The van der Waals surface area contributed by atoms with Crippen LogP contribution in [0.4, 0.5) is 0 Å². The van der Waals surface area contributed by atoms with E-state index < -0.39 is 15.9 Å². The Morgan fingerprint density at radius 2 is 2.11 bits per heavy atom. The van der Waals surface area contributed by atoms with Crippen LogP contribution in [0.5, 0.6) is 0 Å². The van der Waals surface area contributed by atoms with Crippen LogP contribution in [0.15, 0.2) is 16.5 Å². The van der Waals surface area contributed by atoms with E-state index in [4.69, 9.17) is 4.42 Å². The van der Waals surface area contributed by atoms with Crippen LogP contribution in [0.1, 0.15) is 43.3 Å². The standard InChI is InChI=1S/C13H20O4S/c1-9-6-7-12(17-9)13(14)10-4-3-5-11(8-10)18(2,15)16/h6-7,10-11,13-14H,3-5,8H2,1-2H3. The predicted molar refractivity (Wildman–Crippen MR) is 69.0 cm³/mol. The van der Waals surface area contributed by atoms with Gasteiger partial charge >= 0.3 is 0 Å². The lowest BCUT2D eigenvalue weighted by Crippen LogP contribution is -2.30. The quantitative estimate of drug-likeness (QED) is 0.916. The number of aryl methyl sites for hydroxylation is 1. The molecule has 1 aliphatic rings. The van der Waals surface area contributed by atoms with E-state index in [0.717, 1.165) is 18.6 Å². The summed E-state index contributed by atoms with van der Waals surface area (Å²) in [6.45, 7) is 1.83. The molecule has 1 heterocycles. The molecule has 1 aromatic heterocycles. The Kier molecular flexibility index (Phi) is 3.82. The smallest absolute Gasteiger partial charge is 0.150 e. The fraction of sp³-hybridized carbons (Fsp3) is 0.692. The molecule has 1 aliphatic carbocycles. The molecule has 0 spiro atoms. The molecule has 0 aliphatic heterocycles. The van der Waals surface area contributed by atoms with Gasteiger partial charge in [0, 0.05) is 6.26 Å². The number of hydrogen-bond acceptors (Lipinski definition) is 4. The maximum atomic E-state index is 11.6. The molecule has 3 unspecified atom stereocenters. The van der Waals surface area contributed by atoms with Crippen molar-refractivity contribution in [2.75, 3.05) is 6.26 Å². The Balaban J connectivity index is 2.09. The summed E-state index contributed by atoms with van der Waals surface area (Å²) < 4.78 is 28.6. The minimum atomic E-state index is -3.01. The summed E-state index contributed by atoms with van der Waals surface area (Å²) in [6, 6.07) is 3.58. The number of furan rings is 1. The van der Waals surface area contributed by atoms with Crippen LogP contribution in [-0.4, -0.2) is 25.0 Å². The lowest BCUT2D eigenvalue weighted by atomic mass is 9.84. The van der Waals surface area contributed by atoms with Crippen LogP contribution >= 0.6 is 0 Å². The average molecular weight is 272 g/mol. The Hall–Kier alpha value is -0.810. The topological polar surface area (TPSA) is 67.5 Å². The third-order valence-corrected chi connectivity index (χ3v) is 5.41. The zero-order chi connectivity index (χ0) is 13.3. The van der Waals surface area contributed by atoms with Gasteiger partial charge in [0.2, 0.25) is 0 Å². The molecule has 1 saturated carbocycles. The summed E-state index contributed by atoms with van der Waals surface area (Å²) >= 11 is 0. The third-order valence-electron chi connectivity index (χ3n) is 3.77. The second kappa shape index (κ2) is 5.05. The van der Waals surface area contributed by atoms with Crippen molar-refractivity contribution in [1.29, 1.82) is 0 Å². The predicted octanol–water partition coefficient (Wildman–Crippen LogP) is 2.22. The molecule has 5 heteroatoms. The maximum Gasteiger partial charge on any atom is 0.150 e. The van der Waals surface area contributed by atoms with Gasteiger partial charge in [0.25, 0.3) is 0 Å². The fourth-order valence-electron chi connectivity index (χ4n) is 2.70. The lowest BCUT2D eigenvalue weighted by molar-refractivity contribution is 0.0654. The molecule has 0 bridgehead atoms. The van der Waals surface area contributed by atoms with Gasteiger partial charge in [-0.2, -0.15) is 0 Å². The van der Waals surface area contributed by atoms with Gasteiger partial charge in [0.05, 0.1) is 5.25 Å². The van der Waals surface area contributed by atoms with Gasteiger partial charge in [-0.3, -0.25) is 0 Å². The fourth-order valence-corrected chi connectivity index (χ4v) is 3.89. The van der Waals surface area contributed by atoms with Gasteiger partial charge in [-0.1, -0.05) is 6.42 Å². The first-order valence-electron chi connectivity index (χ1n) is 6.31. The molecule has 1 fully saturated rings. The second-order valence-corrected chi connectivity index (χ2v) is 7.60. The van der Waals surface area contributed by atoms with Gasteiger partial charge in [-0.25, -0.2) is 8.42 Å². The van der Waals surface area contributed by atoms with Crippen LogP contribution in [0.3, 0.4) is 0 Å². The summed E-state index contributed by atoms with van der Waals surface area (Å²) in [6.07, 6.45) is 3.53. The molecule has 2 rings (SSSR count). The van der Waals surface area contributed by atoms with E-state index in [2.05, 4.69) is 0 Å². The van der Waals surface area contributed by atoms with Crippen LogP contribution in [0.25, 0.3) is 0 Å².